The van der Waals surface area contributed by atoms with Gasteiger partial charge in [-0.2, -0.15) is 14.0 Å². The summed E-state index contributed by atoms with van der Waals surface area (Å²) >= 11 is 0.899. The predicted molar refractivity (Wildman–Crippen MR) is 235 cm³/mol. The zero-order chi connectivity index (χ0) is 49.2. The minimum atomic E-state index is -5.34. The fraction of sp³-hybridized carbons (Fsp3) is 0.571. The normalized spacial score (nSPS) is 17.9. The second-order valence-corrected chi connectivity index (χ2v) is 20.9. The Bertz CT molecular complexity index is 2460. The monoisotopic (exact) mass is 962 g/mol. The van der Waals surface area contributed by atoms with Crippen molar-refractivity contribution in [1.82, 2.24) is 25.4 Å². The van der Waals surface area contributed by atoms with E-state index in [1.165, 1.54) is 19.2 Å². The number of ether oxygens (including phenoxy) is 4. The van der Waals surface area contributed by atoms with E-state index in [0.29, 0.717) is 36.7 Å². The Morgan fingerprint density at radius 2 is 1.67 bits per heavy atom. The summed E-state index contributed by atoms with van der Waals surface area (Å²) in [6.45, 7) is 19.1. The van der Waals surface area contributed by atoms with Crippen molar-refractivity contribution in [2.24, 2.45) is 12.2 Å². The second kappa shape index (κ2) is 19.5. The van der Waals surface area contributed by atoms with Gasteiger partial charge in [0.05, 0.1) is 23.8 Å². The van der Waals surface area contributed by atoms with Crippen LogP contribution in [-0.2, 0) is 68.1 Å². The van der Waals surface area contributed by atoms with Crippen LogP contribution in [0.2, 0.25) is 0 Å². The summed E-state index contributed by atoms with van der Waals surface area (Å²) in [6, 6.07) is 4.23. The van der Waals surface area contributed by atoms with Crippen molar-refractivity contribution in [3.05, 3.63) is 47.2 Å². The van der Waals surface area contributed by atoms with Gasteiger partial charge in [0.1, 0.15) is 40.4 Å². The maximum absolute atomic E-state index is 14.0. The topological polar surface area (TPSA) is 271 Å². The number of oxime groups is 1. The van der Waals surface area contributed by atoms with Gasteiger partial charge in [-0.25, -0.2) is 27.8 Å². The van der Waals surface area contributed by atoms with Crippen LogP contribution in [0, 0.1) is 0 Å². The molecule has 3 N–H and O–H groups in total. The van der Waals surface area contributed by atoms with Crippen molar-refractivity contribution < 1.29 is 69.7 Å². The summed E-state index contributed by atoms with van der Waals surface area (Å²) in [5.74, 6) is -2.51. The maximum atomic E-state index is 14.0. The molecule has 0 radical (unpaired) electrons. The number of aryl methyl sites for hydroxylation is 3. The number of carbonyl (C=O) groups excluding carboxylic acids is 5. The van der Waals surface area contributed by atoms with Gasteiger partial charge in [0.15, 0.2) is 17.9 Å². The highest BCUT2D eigenvalue weighted by Crippen LogP contribution is 2.35. The Hall–Kier alpha value is -5.85. The first-order chi connectivity index (χ1) is 30.4. The molecule has 0 bridgehead atoms. The number of rotatable bonds is 15. The predicted octanol–water partition coefficient (Wildman–Crippen LogP) is 4.02. The minimum Gasteiger partial charge on any atom is -0.724 e. The third-order valence-electron chi connectivity index (χ3n) is 9.54. The van der Waals surface area contributed by atoms with E-state index in [1.54, 1.807) is 68.4 Å². The molecule has 362 valence electrons. The van der Waals surface area contributed by atoms with Gasteiger partial charge >= 0.3 is 18.2 Å². The van der Waals surface area contributed by atoms with Crippen LogP contribution in [0.4, 0.5) is 14.7 Å². The molecule has 3 atom stereocenters. The lowest BCUT2D eigenvalue weighted by molar-refractivity contribution is -0.753. The Balaban J connectivity index is 1.38. The van der Waals surface area contributed by atoms with Gasteiger partial charge in [0.2, 0.25) is 16.6 Å². The number of benzene rings is 1. The van der Waals surface area contributed by atoms with Crippen molar-refractivity contribution >= 4 is 62.5 Å². The Morgan fingerprint density at radius 3 is 2.29 bits per heavy atom. The summed E-state index contributed by atoms with van der Waals surface area (Å²) in [5.41, 5.74) is -1.95. The fourth-order valence-corrected chi connectivity index (χ4v) is 7.79. The number of hydroxylamine groups is 2. The number of esters is 1. The number of nitrogens with zero attached hydrogens (tertiary/aromatic N) is 5. The number of anilines is 1. The van der Waals surface area contributed by atoms with E-state index in [2.05, 4.69) is 30.4 Å². The number of hydrogen-bond donors (Lipinski definition) is 3. The summed E-state index contributed by atoms with van der Waals surface area (Å²) in [4.78, 5) is 75.6. The average molecular weight is 963 g/mol. The molecule has 3 aromatic rings. The molecule has 5 rings (SSSR count). The summed E-state index contributed by atoms with van der Waals surface area (Å²) in [7, 11) is -3.42. The van der Waals surface area contributed by atoms with Crippen LogP contribution in [0.15, 0.2) is 41.1 Å². The molecule has 4 amide bonds. The molecule has 2 aliphatic rings. The van der Waals surface area contributed by atoms with Gasteiger partial charge in [0, 0.05) is 11.9 Å². The van der Waals surface area contributed by atoms with E-state index < -0.39 is 86.7 Å². The highest BCUT2D eigenvalue weighted by atomic mass is 32.3. The van der Waals surface area contributed by atoms with Crippen molar-refractivity contribution in [1.29, 1.82) is 0 Å². The smallest absolute Gasteiger partial charge is 0.413 e. The van der Waals surface area contributed by atoms with Gasteiger partial charge in [-0.05, 0) is 119 Å². The van der Waals surface area contributed by atoms with Gasteiger partial charge in [-0.15, -0.1) is 16.0 Å². The summed E-state index contributed by atoms with van der Waals surface area (Å²) in [6.07, 6.45) is 1.50. The molecule has 24 heteroatoms. The van der Waals surface area contributed by atoms with Crippen LogP contribution in [-0.4, -0.2) is 111 Å². The molecule has 66 heavy (non-hydrogen) atoms. The number of carbonyl (C=O) groups is 5. The maximum Gasteiger partial charge on any atom is 0.413 e. The first-order valence-electron chi connectivity index (χ1n) is 20.9. The molecular formula is C42H58N8O14S2. The quantitative estimate of drug-likeness (QED) is 0.0223. The SMILES string of the molecule is C[n+]1cc(-c2ccc3c(c2)CC[C@H]([C@H](O/N=C(\C(=O)N[C@@H]2C(=O)N(OS(=O)(=O)[O-])C2(C)C)c2csc(NC(=O)OC(C)(C)C)n2)C(=O)OC(C)(C)C)O3)cn1CCCNC(=O)OC(C)(C)C. The molecule has 1 aromatic carbocycles. The Morgan fingerprint density at radius 1 is 1.02 bits per heavy atom. The van der Waals surface area contributed by atoms with E-state index in [-0.39, 0.29) is 17.2 Å². The van der Waals surface area contributed by atoms with Gasteiger partial charge in [0.25, 0.3) is 17.9 Å². The highest BCUT2D eigenvalue weighted by Gasteiger charge is 2.57. The molecule has 1 fully saturated rings. The number of fused-ring (bicyclic) bond motifs is 1. The summed E-state index contributed by atoms with van der Waals surface area (Å²) < 4.78 is 64.8. The van der Waals surface area contributed by atoms with Crippen LogP contribution < -0.4 is 25.4 Å². The molecule has 0 unspecified atom stereocenters. The Kier molecular flexibility index (Phi) is 15.1. The second-order valence-electron chi connectivity index (χ2n) is 19.1. The van der Waals surface area contributed by atoms with Crippen LogP contribution in [0.25, 0.3) is 11.1 Å². The number of alkyl carbamates (subject to hydrolysis) is 1. The van der Waals surface area contributed by atoms with Gasteiger partial charge in [-0.1, -0.05) is 11.2 Å². The molecule has 22 nitrogen and oxygen atoms in total. The molecule has 2 aliphatic heterocycles. The number of thiazole rings is 1. The zero-order valence-electron chi connectivity index (χ0n) is 39.0. The first kappa shape index (κ1) is 51.1. The van der Waals surface area contributed by atoms with Crippen molar-refractivity contribution in [2.45, 2.75) is 143 Å². The van der Waals surface area contributed by atoms with Gasteiger partial charge in [-0.3, -0.25) is 14.9 Å². The third-order valence-corrected chi connectivity index (χ3v) is 10.6. The number of nitrogens with one attached hydrogen (secondary N) is 3. The highest BCUT2D eigenvalue weighted by molar-refractivity contribution is 7.80. The largest absolute Gasteiger partial charge is 0.724 e. The van der Waals surface area contributed by atoms with E-state index >= 15 is 0 Å². The first-order valence-corrected chi connectivity index (χ1v) is 23.2. The third kappa shape index (κ3) is 13.8. The lowest BCUT2D eigenvalue weighted by Gasteiger charge is -2.51. The molecule has 1 saturated heterocycles. The molecule has 0 saturated carbocycles. The zero-order valence-corrected chi connectivity index (χ0v) is 40.6. The number of amides is 4. The van der Waals surface area contributed by atoms with E-state index in [1.807, 2.05) is 40.9 Å². The number of β-lactam (4-membered cyclic amide) rings is 1. The average Bonchev–Trinajstić information content (AvgIpc) is 3.78. The van der Waals surface area contributed by atoms with Gasteiger partial charge < -0.3 is 39.0 Å². The van der Waals surface area contributed by atoms with Crippen LogP contribution in [0.3, 0.4) is 0 Å². The van der Waals surface area contributed by atoms with Crippen molar-refractivity contribution in [3.8, 4) is 16.9 Å². The lowest BCUT2D eigenvalue weighted by atomic mass is 9.84. The molecule has 2 aromatic heterocycles. The summed E-state index contributed by atoms with van der Waals surface area (Å²) in [5, 5.41) is 13.5. The van der Waals surface area contributed by atoms with E-state index in [4.69, 9.17) is 23.8 Å². The van der Waals surface area contributed by atoms with Crippen LogP contribution >= 0.6 is 11.3 Å². The lowest BCUT2D eigenvalue weighted by Crippen LogP contribution is -2.76. The van der Waals surface area contributed by atoms with Crippen molar-refractivity contribution in [2.75, 3.05) is 11.9 Å². The minimum absolute atomic E-state index is 0.00627. The van der Waals surface area contributed by atoms with E-state index in [9.17, 15) is 36.9 Å². The van der Waals surface area contributed by atoms with Crippen LogP contribution in [0.1, 0.15) is 100 Å². The van der Waals surface area contributed by atoms with Crippen molar-refractivity contribution in [3.63, 3.8) is 0 Å². The standard InChI is InChI=1S/C42H58N8O14S2/c1-39(2,3)60-35(53)31(29-17-15-25-20-24(14-16-28(25)59-29)26-21-48(12)49(22-26)19-13-18-43-37(54)61-40(4,5)6)63-47-30(27-23-65-36(44-27)46-38(55)62-41(7,8)9)33(51)45-32-34(52)50(42(32,10)11)64-66(56,57)58/h14,16,20-23,29,31-32H,13,15,17-19H2,1-12H3,(H3-,43,44,45,46,51,54,55,56,57,58)/b47-30-/t29-,31+,32-/m1/s1. The fourth-order valence-electron chi connectivity index (χ4n) is 6.66. The Labute approximate surface area is 387 Å². The molecular weight excluding hydrogens is 905 g/mol. The molecule has 4 heterocycles. The van der Waals surface area contributed by atoms with E-state index in [0.717, 1.165) is 28.0 Å². The molecule has 0 spiro atoms. The molecule has 0 aliphatic carbocycles. The number of hydrogen-bond acceptors (Lipinski definition) is 17. The van der Waals surface area contributed by atoms with Crippen LogP contribution in [0.5, 0.6) is 5.75 Å². The number of aromatic nitrogens is 3.